The van der Waals surface area contributed by atoms with Gasteiger partial charge in [0, 0.05) is 42.5 Å². The molecule has 3 fully saturated rings. The second-order valence-electron chi connectivity index (χ2n) is 12.0. The van der Waals surface area contributed by atoms with Gasteiger partial charge in [0.05, 0.1) is 5.92 Å². The number of pyridine rings is 1. The van der Waals surface area contributed by atoms with Crippen LogP contribution in [0.2, 0.25) is 0 Å². The Morgan fingerprint density at radius 1 is 1.06 bits per heavy atom. The molecule has 2 aliphatic heterocycles. The number of carbonyl (C=O) groups excluding carboxylic acids is 1. The van der Waals surface area contributed by atoms with E-state index in [1.807, 2.05) is 0 Å². The first-order valence-electron chi connectivity index (χ1n) is 14.7. The number of fused-ring (bicyclic) bond motifs is 2. The Balaban J connectivity index is 1.30. The van der Waals surface area contributed by atoms with Gasteiger partial charge in [-0.25, -0.2) is 0 Å². The number of aromatic nitrogens is 1. The molecule has 1 spiro atoms. The maximum atomic E-state index is 14.6. The first-order chi connectivity index (χ1) is 17.7. The molecule has 4 heteroatoms. The highest BCUT2D eigenvalue weighted by atomic mass is 16.2. The predicted octanol–water partition coefficient (Wildman–Crippen LogP) is 5.79. The Labute approximate surface area is 217 Å². The number of carbonyl (C=O) groups is 1. The Kier molecular flexibility index (Phi) is 6.90. The van der Waals surface area contributed by atoms with Crippen LogP contribution in [0.4, 0.5) is 0 Å². The second kappa shape index (κ2) is 10.3. The van der Waals surface area contributed by atoms with Crippen LogP contribution in [0.15, 0.2) is 42.5 Å². The molecule has 2 unspecified atom stereocenters. The lowest BCUT2D eigenvalue weighted by Gasteiger charge is -2.48. The third kappa shape index (κ3) is 4.30. The molecule has 1 N–H and O–H groups in total. The minimum atomic E-state index is -0.0860. The molecule has 4 aliphatic rings. The lowest BCUT2D eigenvalue weighted by atomic mass is 9.64. The highest BCUT2D eigenvalue weighted by Crippen LogP contribution is 2.47. The number of hydrogen-bond donors (Lipinski definition) is 1. The van der Waals surface area contributed by atoms with Crippen molar-refractivity contribution in [3.05, 3.63) is 65.0 Å². The van der Waals surface area contributed by atoms with Crippen molar-refractivity contribution in [2.45, 2.75) is 94.9 Å². The van der Waals surface area contributed by atoms with Crippen LogP contribution in [-0.2, 0) is 23.1 Å². The molecule has 36 heavy (non-hydrogen) atoms. The molecule has 4 atom stereocenters. The van der Waals surface area contributed by atoms with E-state index in [0.29, 0.717) is 23.8 Å². The number of likely N-dealkylation sites (tertiary alicyclic amines) is 1. The third-order valence-corrected chi connectivity index (χ3v) is 10.1. The van der Waals surface area contributed by atoms with Crippen molar-refractivity contribution >= 4 is 5.91 Å². The van der Waals surface area contributed by atoms with Crippen LogP contribution in [0, 0.1) is 11.8 Å². The van der Waals surface area contributed by atoms with Crippen molar-refractivity contribution in [3.63, 3.8) is 0 Å². The molecule has 3 heterocycles. The van der Waals surface area contributed by atoms with Crippen molar-refractivity contribution in [2.24, 2.45) is 11.8 Å². The van der Waals surface area contributed by atoms with E-state index in [1.54, 1.807) is 0 Å². The number of benzene rings is 1. The summed E-state index contributed by atoms with van der Waals surface area (Å²) >= 11 is 0. The van der Waals surface area contributed by atoms with Gasteiger partial charge in [0.1, 0.15) is 0 Å². The van der Waals surface area contributed by atoms with E-state index in [4.69, 9.17) is 4.98 Å². The second-order valence-corrected chi connectivity index (χ2v) is 12.0. The molecule has 2 saturated heterocycles. The molecule has 1 amide bonds. The normalized spacial score (nSPS) is 30.9. The van der Waals surface area contributed by atoms with Gasteiger partial charge in [-0.2, -0.15) is 0 Å². The summed E-state index contributed by atoms with van der Waals surface area (Å²) < 4.78 is 0. The number of piperidine rings is 1. The van der Waals surface area contributed by atoms with Crippen molar-refractivity contribution in [3.8, 4) is 0 Å². The summed E-state index contributed by atoms with van der Waals surface area (Å²) in [4.78, 5) is 22.0. The highest BCUT2D eigenvalue weighted by molar-refractivity contribution is 5.82. The summed E-state index contributed by atoms with van der Waals surface area (Å²) in [5, 5.41) is 3.68. The van der Waals surface area contributed by atoms with E-state index in [9.17, 15) is 4.79 Å². The van der Waals surface area contributed by atoms with E-state index in [0.717, 1.165) is 58.2 Å². The monoisotopic (exact) mass is 485 g/mol. The molecule has 2 aliphatic carbocycles. The minimum absolute atomic E-state index is 0.0326. The van der Waals surface area contributed by atoms with Crippen molar-refractivity contribution in [1.29, 1.82) is 0 Å². The van der Waals surface area contributed by atoms with E-state index >= 15 is 0 Å². The Morgan fingerprint density at radius 2 is 1.89 bits per heavy atom. The largest absolute Gasteiger partial charge is 0.339 e. The molecule has 4 nitrogen and oxygen atoms in total. The number of nitrogens with one attached hydrogen (secondary N) is 1. The number of hydrogen-bond acceptors (Lipinski definition) is 3. The topological polar surface area (TPSA) is 45.2 Å². The number of rotatable bonds is 4. The van der Waals surface area contributed by atoms with Crippen LogP contribution in [0.3, 0.4) is 0 Å². The highest BCUT2D eigenvalue weighted by Gasteiger charge is 2.52. The number of amides is 1. The SMILES string of the molecule is CCc1ccc2c(n1)CCCC21CNCC1C(=O)N1CC[C@@H](c2ccccc2)C[C@H]1C1CCCCC1. The molecular weight excluding hydrogens is 442 g/mol. The summed E-state index contributed by atoms with van der Waals surface area (Å²) in [7, 11) is 0. The van der Waals surface area contributed by atoms with Gasteiger partial charge in [0.2, 0.25) is 5.91 Å². The number of nitrogens with zero attached hydrogens (tertiary/aromatic N) is 2. The first kappa shape index (κ1) is 24.2. The predicted molar refractivity (Wildman–Crippen MR) is 145 cm³/mol. The fourth-order valence-electron chi connectivity index (χ4n) is 8.19. The van der Waals surface area contributed by atoms with Gasteiger partial charge in [-0.15, -0.1) is 0 Å². The van der Waals surface area contributed by atoms with Crippen LogP contribution >= 0.6 is 0 Å². The summed E-state index contributed by atoms with van der Waals surface area (Å²) in [6.45, 7) is 4.81. The van der Waals surface area contributed by atoms with Crippen LogP contribution in [-0.4, -0.2) is 41.5 Å². The molecule has 1 aromatic carbocycles. The summed E-state index contributed by atoms with van der Waals surface area (Å²) in [6.07, 6.45) is 13.1. The van der Waals surface area contributed by atoms with Gasteiger partial charge in [0.25, 0.3) is 0 Å². The first-order valence-corrected chi connectivity index (χ1v) is 14.7. The Hall–Kier alpha value is -2.20. The van der Waals surface area contributed by atoms with E-state index < -0.39 is 0 Å². The molecule has 1 aromatic heterocycles. The summed E-state index contributed by atoms with van der Waals surface area (Å²) in [5.74, 6) is 1.69. The fourth-order valence-corrected chi connectivity index (χ4v) is 8.19. The number of aryl methyl sites for hydroxylation is 2. The van der Waals surface area contributed by atoms with E-state index in [-0.39, 0.29) is 11.3 Å². The van der Waals surface area contributed by atoms with Crippen molar-refractivity contribution in [1.82, 2.24) is 15.2 Å². The molecule has 6 rings (SSSR count). The maximum absolute atomic E-state index is 14.6. The third-order valence-electron chi connectivity index (χ3n) is 10.1. The summed E-state index contributed by atoms with van der Waals surface area (Å²) in [6, 6.07) is 16.0. The average molecular weight is 486 g/mol. The lowest BCUT2D eigenvalue weighted by molar-refractivity contribution is -0.143. The quantitative estimate of drug-likeness (QED) is 0.596. The van der Waals surface area contributed by atoms with Crippen molar-refractivity contribution < 1.29 is 4.79 Å². The molecule has 192 valence electrons. The molecule has 0 radical (unpaired) electrons. The zero-order valence-electron chi connectivity index (χ0n) is 22.1. The lowest BCUT2D eigenvalue weighted by Crippen LogP contribution is -2.55. The van der Waals surface area contributed by atoms with Gasteiger partial charge in [-0.1, -0.05) is 62.6 Å². The standard InChI is InChI=1S/C32H43N3O/c1-2-26-15-16-27-29(34-26)14-9-18-32(27)22-33-21-28(32)31(36)35-19-17-25(23-10-5-3-6-11-23)20-30(35)24-12-7-4-8-13-24/h3,5-6,10-11,15-16,24-25,28,30,33H,2,4,7-9,12-14,17-22H2,1H3/t25-,28?,30+,32?/m1/s1. The van der Waals surface area contributed by atoms with Gasteiger partial charge >= 0.3 is 0 Å². The maximum Gasteiger partial charge on any atom is 0.228 e. The summed E-state index contributed by atoms with van der Waals surface area (Å²) in [5.41, 5.74) is 5.18. The van der Waals surface area contributed by atoms with Gasteiger partial charge in [0.15, 0.2) is 0 Å². The molecular formula is C32H43N3O. The smallest absolute Gasteiger partial charge is 0.228 e. The molecule has 1 saturated carbocycles. The van der Waals surface area contributed by atoms with Gasteiger partial charge in [-0.05, 0) is 80.4 Å². The fraction of sp³-hybridized carbons (Fsp3) is 0.625. The van der Waals surface area contributed by atoms with Gasteiger partial charge in [-0.3, -0.25) is 9.78 Å². The zero-order valence-corrected chi connectivity index (χ0v) is 22.1. The average Bonchev–Trinajstić information content (AvgIpc) is 3.37. The Bertz CT molecular complexity index is 1060. The Morgan fingerprint density at radius 3 is 2.69 bits per heavy atom. The molecule has 2 aromatic rings. The van der Waals surface area contributed by atoms with Crippen LogP contribution in [0.5, 0.6) is 0 Å². The van der Waals surface area contributed by atoms with E-state index in [1.165, 1.54) is 54.6 Å². The van der Waals surface area contributed by atoms with Gasteiger partial charge < -0.3 is 10.2 Å². The zero-order chi connectivity index (χ0) is 24.5. The van der Waals surface area contributed by atoms with Crippen LogP contribution in [0.1, 0.15) is 93.1 Å². The van der Waals surface area contributed by atoms with Crippen LogP contribution < -0.4 is 5.32 Å². The molecule has 0 bridgehead atoms. The van der Waals surface area contributed by atoms with Crippen LogP contribution in [0.25, 0.3) is 0 Å². The van der Waals surface area contributed by atoms with E-state index in [2.05, 4.69) is 59.6 Å². The minimum Gasteiger partial charge on any atom is -0.339 e. The van der Waals surface area contributed by atoms with Crippen molar-refractivity contribution in [2.75, 3.05) is 19.6 Å².